The van der Waals surface area contributed by atoms with Crippen molar-refractivity contribution in [1.29, 1.82) is 0 Å². The molecule has 0 aromatic rings. The topological polar surface area (TPSA) is 55.4 Å². The largest absolute Gasteiger partial charge is 0.469 e. The van der Waals surface area contributed by atoms with E-state index in [2.05, 4.69) is 10.1 Å². The molecule has 1 amide bonds. The van der Waals surface area contributed by atoms with Crippen LogP contribution in [0.25, 0.3) is 0 Å². The van der Waals surface area contributed by atoms with Crippen LogP contribution in [-0.4, -0.2) is 25.5 Å². The van der Waals surface area contributed by atoms with Crippen LogP contribution in [0.5, 0.6) is 0 Å². The summed E-state index contributed by atoms with van der Waals surface area (Å²) in [6.07, 6.45) is 2.09. The van der Waals surface area contributed by atoms with Gasteiger partial charge in [0.05, 0.1) is 13.0 Å². The van der Waals surface area contributed by atoms with Crippen LogP contribution < -0.4 is 5.32 Å². The summed E-state index contributed by atoms with van der Waals surface area (Å²) in [6, 6.07) is 0.177. The van der Waals surface area contributed by atoms with E-state index in [1.807, 2.05) is 0 Å². The van der Waals surface area contributed by atoms with Gasteiger partial charge in [-0.15, -0.1) is 0 Å². The van der Waals surface area contributed by atoms with Gasteiger partial charge in [-0.2, -0.15) is 0 Å². The SMILES string of the molecule is COC(=O)C1CC(NC=O)C1. The van der Waals surface area contributed by atoms with Gasteiger partial charge in [-0.25, -0.2) is 0 Å². The van der Waals surface area contributed by atoms with Gasteiger partial charge < -0.3 is 10.1 Å². The highest BCUT2D eigenvalue weighted by molar-refractivity contribution is 5.73. The number of rotatable bonds is 3. The second-order valence-corrected chi connectivity index (χ2v) is 2.67. The molecule has 0 heterocycles. The summed E-state index contributed by atoms with van der Waals surface area (Å²) in [4.78, 5) is 20.7. The van der Waals surface area contributed by atoms with Gasteiger partial charge in [0.1, 0.15) is 0 Å². The van der Waals surface area contributed by atoms with Gasteiger partial charge in [-0.3, -0.25) is 9.59 Å². The first-order chi connectivity index (χ1) is 5.27. The molecule has 1 aliphatic rings. The average Bonchev–Trinajstić information content (AvgIpc) is 1.94. The fraction of sp³-hybridized carbons (Fsp3) is 0.714. The summed E-state index contributed by atoms with van der Waals surface area (Å²) < 4.78 is 4.53. The summed E-state index contributed by atoms with van der Waals surface area (Å²) in [5, 5.41) is 2.60. The Bertz CT molecular complexity index is 163. The molecule has 4 heteroatoms. The van der Waals surface area contributed by atoms with Gasteiger partial charge in [0.25, 0.3) is 0 Å². The summed E-state index contributed by atoms with van der Waals surface area (Å²) >= 11 is 0. The number of hydrogen-bond donors (Lipinski definition) is 1. The Balaban J connectivity index is 2.18. The smallest absolute Gasteiger partial charge is 0.308 e. The fourth-order valence-corrected chi connectivity index (χ4v) is 1.21. The summed E-state index contributed by atoms with van der Waals surface area (Å²) in [7, 11) is 1.38. The first kappa shape index (κ1) is 8.04. The van der Waals surface area contributed by atoms with E-state index in [0.29, 0.717) is 19.3 Å². The molecule has 0 atom stereocenters. The highest BCUT2D eigenvalue weighted by Crippen LogP contribution is 2.27. The van der Waals surface area contributed by atoms with Gasteiger partial charge in [0.2, 0.25) is 6.41 Å². The molecule has 0 spiro atoms. The van der Waals surface area contributed by atoms with Crippen LogP contribution in [0.4, 0.5) is 0 Å². The van der Waals surface area contributed by atoms with Crippen molar-refractivity contribution in [2.75, 3.05) is 7.11 Å². The lowest BCUT2D eigenvalue weighted by molar-refractivity contribution is -0.149. The fourth-order valence-electron chi connectivity index (χ4n) is 1.21. The first-order valence-corrected chi connectivity index (χ1v) is 3.55. The molecule has 1 aliphatic carbocycles. The number of nitrogens with one attached hydrogen (secondary N) is 1. The van der Waals surface area contributed by atoms with Gasteiger partial charge >= 0.3 is 5.97 Å². The lowest BCUT2D eigenvalue weighted by Gasteiger charge is -2.32. The van der Waals surface area contributed by atoms with Crippen molar-refractivity contribution in [3.63, 3.8) is 0 Å². The second kappa shape index (κ2) is 3.37. The Morgan fingerprint density at radius 1 is 1.64 bits per heavy atom. The number of amides is 1. The summed E-state index contributed by atoms with van der Waals surface area (Å²) in [5.74, 6) is -0.175. The molecule has 4 nitrogen and oxygen atoms in total. The zero-order valence-corrected chi connectivity index (χ0v) is 6.37. The number of carbonyl (C=O) groups is 2. The maximum absolute atomic E-state index is 10.8. The van der Waals surface area contributed by atoms with E-state index in [1.165, 1.54) is 7.11 Å². The molecule has 11 heavy (non-hydrogen) atoms. The second-order valence-electron chi connectivity index (χ2n) is 2.67. The molecule has 0 bridgehead atoms. The monoisotopic (exact) mass is 157 g/mol. The van der Waals surface area contributed by atoms with Gasteiger partial charge in [0, 0.05) is 6.04 Å². The molecule has 0 aliphatic heterocycles. The Morgan fingerprint density at radius 2 is 2.27 bits per heavy atom. The lowest BCUT2D eigenvalue weighted by Crippen LogP contribution is -2.43. The predicted octanol–water partition coefficient (Wildman–Crippen LogP) is -0.316. The Labute approximate surface area is 64.9 Å². The molecule has 0 aromatic carbocycles. The first-order valence-electron chi connectivity index (χ1n) is 3.55. The van der Waals surface area contributed by atoms with Gasteiger partial charge in [-0.05, 0) is 12.8 Å². The minimum Gasteiger partial charge on any atom is -0.469 e. The van der Waals surface area contributed by atoms with E-state index in [-0.39, 0.29) is 17.9 Å². The standard InChI is InChI=1S/C7H11NO3/c1-11-7(10)5-2-6(3-5)8-4-9/h4-6H,2-3H2,1H3,(H,8,9). The minimum atomic E-state index is -0.172. The Hall–Kier alpha value is -1.06. The highest BCUT2D eigenvalue weighted by atomic mass is 16.5. The van der Waals surface area contributed by atoms with Crippen molar-refractivity contribution in [3.05, 3.63) is 0 Å². The minimum absolute atomic E-state index is 0.00236. The van der Waals surface area contributed by atoms with E-state index in [9.17, 15) is 9.59 Å². The number of methoxy groups -OCH3 is 1. The van der Waals surface area contributed by atoms with Crippen LogP contribution in [0.1, 0.15) is 12.8 Å². The van der Waals surface area contributed by atoms with Crippen LogP contribution >= 0.6 is 0 Å². The normalized spacial score (nSPS) is 28.5. The third kappa shape index (κ3) is 1.69. The zero-order valence-electron chi connectivity index (χ0n) is 6.37. The zero-order chi connectivity index (χ0) is 8.27. The third-order valence-corrected chi connectivity index (χ3v) is 1.98. The highest BCUT2D eigenvalue weighted by Gasteiger charge is 2.34. The van der Waals surface area contributed by atoms with Crippen LogP contribution in [0.3, 0.4) is 0 Å². The molecule has 62 valence electrons. The molecule has 0 aromatic heterocycles. The molecule has 0 radical (unpaired) electrons. The molecule has 1 fully saturated rings. The van der Waals surface area contributed by atoms with Gasteiger partial charge in [-0.1, -0.05) is 0 Å². The van der Waals surface area contributed by atoms with Crippen molar-refractivity contribution in [2.24, 2.45) is 5.92 Å². The van der Waals surface area contributed by atoms with Crippen molar-refractivity contribution in [3.8, 4) is 0 Å². The number of hydrogen-bond acceptors (Lipinski definition) is 3. The van der Waals surface area contributed by atoms with Gasteiger partial charge in [0.15, 0.2) is 0 Å². The van der Waals surface area contributed by atoms with E-state index in [1.54, 1.807) is 0 Å². The van der Waals surface area contributed by atoms with Crippen molar-refractivity contribution in [1.82, 2.24) is 5.32 Å². The number of carbonyl (C=O) groups excluding carboxylic acids is 2. The molecular formula is C7H11NO3. The molecule has 1 rings (SSSR count). The maximum Gasteiger partial charge on any atom is 0.308 e. The maximum atomic E-state index is 10.8. The lowest BCUT2D eigenvalue weighted by atomic mass is 9.80. The molecular weight excluding hydrogens is 146 g/mol. The number of esters is 1. The Kier molecular flexibility index (Phi) is 2.46. The van der Waals surface area contributed by atoms with Crippen molar-refractivity contribution < 1.29 is 14.3 Å². The van der Waals surface area contributed by atoms with E-state index >= 15 is 0 Å². The molecule has 0 saturated heterocycles. The van der Waals surface area contributed by atoms with Crippen LogP contribution in [0.15, 0.2) is 0 Å². The van der Waals surface area contributed by atoms with Crippen molar-refractivity contribution >= 4 is 12.4 Å². The third-order valence-electron chi connectivity index (χ3n) is 1.98. The molecule has 1 saturated carbocycles. The average molecular weight is 157 g/mol. The quantitative estimate of drug-likeness (QED) is 0.451. The van der Waals surface area contributed by atoms with Crippen LogP contribution in [0.2, 0.25) is 0 Å². The molecule has 0 unspecified atom stereocenters. The summed E-state index contributed by atoms with van der Waals surface area (Å²) in [6.45, 7) is 0. The van der Waals surface area contributed by atoms with E-state index in [0.717, 1.165) is 0 Å². The Morgan fingerprint density at radius 3 is 2.73 bits per heavy atom. The number of ether oxygens (including phenoxy) is 1. The van der Waals surface area contributed by atoms with Crippen molar-refractivity contribution in [2.45, 2.75) is 18.9 Å². The van der Waals surface area contributed by atoms with Crippen LogP contribution in [-0.2, 0) is 14.3 Å². The van der Waals surface area contributed by atoms with E-state index < -0.39 is 0 Å². The van der Waals surface area contributed by atoms with E-state index in [4.69, 9.17) is 0 Å². The molecule has 1 N–H and O–H groups in total. The predicted molar refractivity (Wildman–Crippen MR) is 37.7 cm³/mol. The summed E-state index contributed by atoms with van der Waals surface area (Å²) in [5.41, 5.74) is 0. The van der Waals surface area contributed by atoms with Crippen LogP contribution in [0, 0.1) is 5.92 Å².